The third-order valence-corrected chi connectivity index (χ3v) is 3.88. The van der Waals surface area contributed by atoms with Crippen molar-refractivity contribution in [2.75, 3.05) is 26.2 Å². The van der Waals surface area contributed by atoms with Gasteiger partial charge in [-0.3, -0.25) is 4.99 Å². The second-order valence-corrected chi connectivity index (χ2v) is 5.29. The molecule has 17 heavy (non-hydrogen) atoms. The first kappa shape index (κ1) is 12.4. The minimum Gasteiger partial charge on any atom is -0.357 e. The number of nitrogens with one attached hydrogen (secondary N) is 1. The van der Waals surface area contributed by atoms with Gasteiger partial charge in [-0.05, 0) is 31.2 Å². The van der Waals surface area contributed by atoms with Gasteiger partial charge in [-0.2, -0.15) is 0 Å². The molecule has 0 unspecified atom stereocenters. The van der Waals surface area contributed by atoms with Crippen molar-refractivity contribution in [3.8, 4) is 0 Å². The van der Waals surface area contributed by atoms with Crippen molar-refractivity contribution in [3.05, 3.63) is 22.4 Å². The second-order valence-electron chi connectivity index (χ2n) is 4.26. The predicted octanol–water partition coefficient (Wildman–Crippen LogP) is 2.35. The summed E-state index contributed by atoms with van der Waals surface area (Å²) in [6.07, 6.45) is 3.66. The molecule has 1 aromatic heterocycles. The van der Waals surface area contributed by atoms with E-state index in [4.69, 9.17) is 4.99 Å². The van der Waals surface area contributed by atoms with Crippen LogP contribution < -0.4 is 5.32 Å². The quantitative estimate of drug-likeness (QED) is 0.657. The molecule has 1 aromatic rings. The van der Waals surface area contributed by atoms with E-state index in [0.29, 0.717) is 0 Å². The van der Waals surface area contributed by atoms with Gasteiger partial charge in [-0.15, -0.1) is 11.3 Å². The number of aliphatic imine (C=N–C) groups is 1. The van der Waals surface area contributed by atoms with E-state index in [1.165, 1.54) is 17.7 Å². The van der Waals surface area contributed by atoms with Crippen molar-refractivity contribution >= 4 is 17.3 Å². The number of hydrogen-bond donors (Lipinski definition) is 1. The molecule has 1 saturated heterocycles. The van der Waals surface area contributed by atoms with Crippen LogP contribution in [0.3, 0.4) is 0 Å². The zero-order valence-electron chi connectivity index (χ0n) is 10.5. The van der Waals surface area contributed by atoms with Crippen molar-refractivity contribution in [2.45, 2.75) is 26.2 Å². The maximum absolute atomic E-state index is 4.71. The molecule has 0 bridgehead atoms. The fourth-order valence-electron chi connectivity index (χ4n) is 2.08. The first-order valence-electron chi connectivity index (χ1n) is 6.46. The Morgan fingerprint density at radius 2 is 2.29 bits per heavy atom. The van der Waals surface area contributed by atoms with Crippen LogP contribution in [0.15, 0.2) is 22.5 Å². The Bertz CT molecular complexity index is 340. The lowest BCUT2D eigenvalue weighted by atomic mass is 10.3. The van der Waals surface area contributed by atoms with Gasteiger partial charge in [-0.1, -0.05) is 6.07 Å². The average molecular weight is 251 g/mol. The van der Waals surface area contributed by atoms with Crippen LogP contribution in [0.1, 0.15) is 24.6 Å². The van der Waals surface area contributed by atoms with Gasteiger partial charge in [-0.25, -0.2) is 0 Å². The Morgan fingerprint density at radius 3 is 2.94 bits per heavy atom. The number of hydrogen-bond acceptors (Lipinski definition) is 2. The Balaban J connectivity index is 1.86. The topological polar surface area (TPSA) is 27.6 Å². The molecular weight excluding hydrogens is 230 g/mol. The summed E-state index contributed by atoms with van der Waals surface area (Å²) in [4.78, 5) is 8.50. The van der Waals surface area contributed by atoms with Crippen LogP contribution in [0.25, 0.3) is 0 Å². The lowest BCUT2D eigenvalue weighted by molar-refractivity contribution is 0.494. The first-order chi connectivity index (χ1) is 8.40. The van der Waals surface area contributed by atoms with Gasteiger partial charge in [0.05, 0.1) is 0 Å². The smallest absolute Gasteiger partial charge is 0.193 e. The monoisotopic (exact) mass is 251 g/mol. The summed E-state index contributed by atoms with van der Waals surface area (Å²) in [7, 11) is 0. The third-order valence-electron chi connectivity index (χ3n) is 2.94. The Morgan fingerprint density at radius 1 is 1.47 bits per heavy atom. The van der Waals surface area contributed by atoms with Crippen molar-refractivity contribution in [1.29, 1.82) is 0 Å². The second kappa shape index (κ2) is 6.64. The fraction of sp³-hybridized carbons (Fsp3) is 0.615. The molecule has 94 valence electrons. The Labute approximate surface area is 108 Å². The molecule has 1 aliphatic rings. The van der Waals surface area contributed by atoms with Crippen LogP contribution in [0, 0.1) is 0 Å². The Kier molecular flexibility index (Phi) is 4.86. The summed E-state index contributed by atoms with van der Waals surface area (Å²) >= 11 is 1.82. The van der Waals surface area contributed by atoms with Crippen LogP contribution in [-0.2, 0) is 6.42 Å². The average Bonchev–Trinajstić information content (AvgIpc) is 3.01. The summed E-state index contributed by atoms with van der Waals surface area (Å²) in [5.74, 6) is 1.10. The molecular formula is C13H21N3S. The molecule has 3 nitrogen and oxygen atoms in total. The molecule has 0 aliphatic carbocycles. The maximum atomic E-state index is 4.71. The molecule has 4 heteroatoms. The summed E-state index contributed by atoms with van der Waals surface area (Å²) < 4.78 is 0. The molecule has 1 fully saturated rings. The molecule has 2 heterocycles. The Hall–Kier alpha value is -1.03. The molecule has 0 amide bonds. The van der Waals surface area contributed by atoms with E-state index < -0.39 is 0 Å². The highest BCUT2D eigenvalue weighted by Crippen LogP contribution is 2.10. The summed E-state index contributed by atoms with van der Waals surface area (Å²) in [6.45, 7) is 6.29. The number of thiophene rings is 1. The highest BCUT2D eigenvalue weighted by atomic mass is 32.1. The number of rotatable bonds is 4. The third kappa shape index (κ3) is 3.73. The van der Waals surface area contributed by atoms with Crippen molar-refractivity contribution in [2.24, 2.45) is 4.99 Å². The van der Waals surface area contributed by atoms with Gasteiger partial charge < -0.3 is 10.2 Å². The van der Waals surface area contributed by atoms with Crippen LogP contribution >= 0.6 is 11.3 Å². The highest BCUT2D eigenvalue weighted by Gasteiger charge is 2.14. The number of guanidine groups is 1. The summed E-state index contributed by atoms with van der Waals surface area (Å²) in [5.41, 5.74) is 0. The zero-order chi connectivity index (χ0) is 11.9. The largest absolute Gasteiger partial charge is 0.357 e. The molecule has 0 spiro atoms. The van der Waals surface area contributed by atoms with Gasteiger partial charge >= 0.3 is 0 Å². The molecule has 0 aromatic carbocycles. The lowest BCUT2D eigenvalue weighted by Crippen LogP contribution is -2.39. The summed E-state index contributed by atoms with van der Waals surface area (Å²) in [5, 5.41) is 5.51. The van der Waals surface area contributed by atoms with E-state index in [0.717, 1.165) is 38.6 Å². The summed E-state index contributed by atoms with van der Waals surface area (Å²) in [6, 6.07) is 4.29. The molecule has 1 aliphatic heterocycles. The lowest BCUT2D eigenvalue weighted by Gasteiger charge is -2.20. The van der Waals surface area contributed by atoms with Gasteiger partial charge in [0.1, 0.15) is 0 Å². The minimum absolute atomic E-state index is 0.888. The van der Waals surface area contributed by atoms with E-state index in [1.807, 2.05) is 11.3 Å². The van der Waals surface area contributed by atoms with E-state index in [2.05, 4.69) is 34.7 Å². The molecule has 0 atom stereocenters. The van der Waals surface area contributed by atoms with E-state index >= 15 is 0 Å². The SMILES string of the molecule is CCNC(=NCCc1cccs1)N1CCCC1. The van der Waals surface area contributed by atoms with E-state index in [1.54, 1.807) is 0 Å². The van der Waals surface area contributed by atoms with Crippen LogP contribution in [0.2, 0.25) is 0 Å². The first-order valence-corrected chi connectivity index (χ1v) is 7.33. The standard InChI is InChI=1S/C13H21N3S/c1-2-14-13(16-9-3-4-10-16)15-8-7-12-6-5-11-17-12/h5-6,11H,2-4,7-10H2,1H3,(H,14,15). The highest BCUT2D eigenvalue weighted by molar-refractivity contribution is 7.09. The van der Waals surface area contributed by atoms with Gasteiger partial charge in [0.25, 0.3) is 0 Å². The van der Waals surface area contributed by atoms with Crippen molar-refractivity contribution in [1.82, 2.24) is 10.2 Å². The maximum Gasteiger partial charge on any atom is 0.193 e. The number of nitrogens with zero attached hydrogens (tertiary/aromatic N) is 2. The fourth-order valence-corrected chi connectivity index (χ4v) is 2.78. The van der Waals surface area contributed by atoms with Crippen molar-refractivity contribution in [3.63, 3.8) is 0 Å². The normalized spacial score (nSPS) is 16.5. The molecule has 2 rings (SSSR count). The zero-order valence-corrected chi connectivity index (χ0v) is 11.3. The molecule has 0 radical (unpaired) electrons. The molecule has 1 N–H and O–H groups in total. The minimum atomic E-state index is 0.888. The van der Waals surface area contributed by atoms with E-state index in [9.17, 15) is 0 Å². The van der Waals surface area contributed by atoms with Gasteiger partial charge in [0.2, 0.25) is 0 Å². The predicted molar refractivity (Wildman–Crippen MR) is 74.8 cm³/mol. The van der Waals surface area contributed by atoms with Crippen LogP contribution in [0.4, 0.5) is 0 Å². The van der Waals surface area contributed by atoms with Crippen LogP contribution in [-0.4, -0.2) is 37.0 Å². The number of likely N-dealkylation sites (tertiary alicyclic amines) is 1. The van der Waals surface area contributed by atoms with Gasteiger partial charge in [0.15, 0.2) is 5.96 Å². The van der Waals surface area contributed by atoms with Crippen molar-refractivity contribution < 1.29 is 0 Å². The van der Waals surface area contributed by atoms with Crippen LogP contribution in [0.5, 0.6) is 0 Å². The van der Waals surface area contributed by atoms with E-state index in [-0.39, 0.29) is 0 Å². The van der Waals surface area contributed by atoms with Gasteiger partial charge in [0, 0.05) is 37.5 Å². The molecule has 0 saturated carbocycles.